The Morgan fingerprint density at radius 1 is 0.950 bits per heavy atom. The van der Waals surface area contributed by atoms with Crippen molar-refractivity contribution >= 4 is 0 Å². The van der Waals surface area contributed by atoms with E-state index in [4.69, 9.17) is 0 Å². The zero-order chi connectivity index (χ0) is 14.8. The van der Waals surface area contributed by atoms with Crippen LogP contribution in [0.15, 0.2) is 0 Å². The van der Waals surface area contributed by atoms with Gasteiger partial charge in [0.15, 0.2) is 0 Å². The van der Waals surface area contributed by atoms with Gasteiger partial charge in [0.2, 0.25) is 0 Å². The lowest BCUT2D eigenvalue weighted by atomic mass is 9.77. The van der Waals surface area contributed by atoms with Gasteiger partial charge in [-0.15, -0.1) is 0 Å². The van der Waals surface area contributed by atoms with E-state index in [1.807, 2.05) is 0 Å². The number of nitrogens with zero attached hydrogens (tertiary/aromatic N) is 1. The molecule has 0 aromatic rings. The molecular weight excluding hydrogens is 246 g/mol. The third kappa shape index (κ3) is 6.58. The van der Waals surface area contributed by atoms with Crippen LogP contribution >= 0.6 is 0 Å². The second-order valence-corrected chi connectivity index (χ2v) is 6.80. The van der Waals surface area contributed by atoms with Crippen molar-refractivity contribution in [2.24, 2.45) is 11.8 Å². The number of hydrogen-bond acceptors (Lipinski definition) is 2. The van der Waals surface area contributed by atoms with Gasteiger partial charge >= 0.3 is 0 Å². The summed E-state index contributed by atoms with van der Waals surface area (Å²) in [5, 5.41) is 10.3. The van der Waals surface area contributed by atoms with Crippen molar-refractivity contribution < 1.29 is 5.11 Å². The highest BCUT2D eigenvalue weighted by Gasteiger charge is 2.29. The van der Waals surface area contributed by atoms with Crippen molar-refractivity contribution in [3.05, 3.63) is 0 Å². The number of rotatable bonds is 10. The summed E-state index contributed by atoms with van der Waals surface area (Å²) >= 11 is 0. The Kier molecular flexibility index (Phi) is 9.54. The standard InChI is InChI=1S/C18H37NO/c1-4-7-12-19(13-8-5-2)15-17-14-16(9-6-3)10-11-18(17)20/h16-18,20H,4-15H2,1-3H3. The molecule has 0 amide bonds. The lowest BCUT2D eigenvalue weighted by molar-refractivity contribution is 0.0252. The molecule has 120 valence electrons. The molecule has 2 heteroatoms. The summed E-state index contributed by atoms with van der Waals surface area (Å²) in [7, 11) is 0. The van der Waals surface area contributed by atoms with E-state index in [1.165, 1.54) is 64.5 Å². The summed E-state index contributed by atoms with van der Waals surface area (Å²) in [6.07, 6.45) is 11.3. The van der Waals surface area contributed by atoms with Crippen LogP contribution in [0.5, 0.6) is 0 Å². The molecule has 1 N–H and O–H groups in total. The van der Waals surface area contributed by atoms with Gasteiger partial charge in [-0.3, -0.25) is 0 Å². The number of hydrogen-bond donors (Lipinski definition) is 1. The summed E-state index contributed by atoms with van der Waals surface area (Å²) in [4.78, 5) is 2.62. The molecule has 1 fully saturated rings. The van der Waals surface area contributed by atoms with E-state index in [2.05, 4.69) is 25.7 Å². The van der Waals surface area contributed by atoms with Crippen molar-refractivity contribution in [1.82, 2.24) is 4.90 Å². The van der Waals surface area contributed by atoms with E-state index < -0.39 is 0 Å². The van der Waals surface area contributed by atoms with Gasteiger partial charge in [-0.2, -0.15) is 0 Å². The Bertz CT molecular complexity index is 223. The smallest absolute Gasteiger partial charge is 0.0580 e. The highest BCUT2D eigenvalue weighted by atomic mass is 16.3. The van der Waals surface area contributed by atoms with Crippen LogP contribution in [0.4, 0.5) is 0 Å². The van der Waals surface area contributed by atoms with Crippen molar-refractivity contribution in [3.63, 3.8) is 0 Å². The number of aliphatic hydroxyl groups is 1. The second kappa shape index (κ2) is 10.6. The molecule has 3 unspecified atom stereocenters. The Morgan fingerprint density at radius 2 is 1.60 bits per heavy atom. The first-order valence-corrected chi connectivity index (χ1v) is 9.11. The van der Waals surface area contributed by atoms with Crippen LogP contribution < -0.4 is 0 Å². The number of unbranched alkanes of at least 4 members (excludes halogenated alkanes) is 2. The van der Waals surface area contributed by atoms with Crippen LogP contribution in [0.3, 0.4) is 0 Å². The predicted octanol–water partition coefficient (Wildman–Crippen LogP) is 4.47. The summed E-state index contributed by atoms with van der Waals surface area (Å²) < 4.78 is 0. The van der Waals surface area contributed by atoms with Crippen LogP contribution in [0, 0.1) is 11.8 Å². The van der Waals surface area contributed by atoms with Crippen molar-refractivity contribution in [3.8, 4) is 0 Å². The van der Waals surface area contributed by atoms with Crippen LogP contribution in [-0.2, 0) is 0 Å². The quantitative estimate of drug-likeness (QED) is 0.639. The van der Waals surface area contributed by atoms with E-state index in [1.54, 1.807) is 0 Å². The van der Waals surface area contributed by atoms with Gasteiger partial charge in [0.25, 0.3) is 0 Å². The molecule has 0 bridgehead atoms. The lowest BCUT2D eigenvalue weighted by Gasteiger charge is -2.36. The molecule has 0 spiro atoms. The van der Waals surface area contributed by atoms with Gasteiger partial charge in [0.1, 0.15) is 0 Å². The zero-order valence-electron chi connectivity index (χ0n) is 14.1. The van der Waals surface area contributed by atoms with Gasteiger partial charge in [0, 0.05) is 6.54 Å². The van der Waals surface area contributed by atoms with Crippen molar-refractivity contribution in [2.45, 2.75) is 84.7 Å². The normalized spacial score (nSPS) is 27.1. The summed E-state index contributed by atoms with van der Waals surface area (Å²) in [6.45, 7) is 10.4. The predicted molar refractivity (Wildman–Crippen MR) is 88.0 cm³/mol. The molecule has 1 aliphatic rings. The highest BCUT2D eigenvalue weighted by Crippen LogP contribution is 2.32. The molecule has 0 saturated heterocycles. The Hall–Kier alpha value is -0.0800. The largest absolute Gasteiger partial charge is 0.393 e. The zero-order valence-corrected chi connectivity index (χ0v) is 14.1. The van der Waals surface area contributed by atoms with E-state index in [0.717, 1.165) is 18.9 Å². The average Bonchev–Trinajstić information content (AvgIpc) is 2.45. The third-order valence-electron chi connectivity index (χ3n) is 4.90. The molecule has 1 aliphatic carbocycles. The van der Waals surface area contributed by atoms with Gasteiger partial charge < -0.3 is 10.0 Å². The minimum absolute atomic E-state index is 0.0474. The highest BCUT2D eigenvalue weighted by molar-refractivity contribution is 4.82. The average molecular weight is 283 g/mol. The van der Waals surface area contributed by atoms with Gasteiger partial charge in [-0.1, -0.05) is 46.5 Å². The molecule has 1 saturated carbocycles. The van der Waals surface area contributed by atoms with Crippen LogP contribution in [0.25, 0.3) is 0 Å². The van der Waals surface area contributed by atoms with Gasteiger partial charge in [0.05, 0.1) is 6.10 Å². The molecular formula is C18H37NO. The van der Waals surface area contributed by atoms with Crippen LogP contribution in [0.1, 0.15) is 78.6 Å². The second-order valence-electron chi connectivity index (χ2n) is 6.80. The van der Waals surface area contributed by atoms with Gasteiger partial charge in [-0.05, 0) is 57.0 Å². The summed E-state index contributed by atoms with van der Waals surface area (Å²) in [5.74, 6) is 1.39. The SMILES string of the molecule is CCCCN(CCCC)CC1CC(CCC)CCC1O. The number of aliphatic hydroxyl groups excluding tert-OH is 1. The maximum atomic E-state index is 10.3. The molecule has 0 aromatic carbocycles. The molecule has 0 aromatic heterocycles. The Labute approximate surface area is 126 Å². The van der Waals surface area contributed by atoms with Gasteiger partial charge in [-0.25, -0.2) is 0 Å². The monoisotopic (exact) mass is 283 g/mol. The Balaban J connectivity index is 2.45. The minimum Gasteiger partial charge on any atom is -0.393 e. The molecule has 3 atom stereocenters. The fourth-order valence-electron chi connectivity index (χ4n) is 3.60. The van der Waals surface area contributed by atoms with E-state index in [-0.39, 0.29) is 6.10 Å². The first-order chi connectivity index (χ1) is 9.71. The van der Waals surface area contributed by atoms with E-state index >= 15 is 0 Å². The first kappa shape index (κ1) is 18.0. The van der Waals surface area contributed by atoms with Crippen LogP contribution in [-0.4, -0.2) is 35.7 Å². The third-order valence-corrected chi connectivity index (χ3v) is 4.90. The molecule has 1 rings (SSSR count). The molecule has 0 radical (unpaired) electrons. The maximum absolute atomic E-state index is 10.3. The molecule has 2 nitrogen and oxygen atoms in total. The first-order valence-electron chi connectivity index (χ1n) is 9.11. The fraction of sp³-hybridized carbons (Fsp3) is 1.00. The maximum Gasteiger partial charge on any atom is 0.0580 e. The van der Waals surface area contributed by atoms with Crippen molar-refractivity contribution in [1.29, 1.82) is 0 Å². The molecule has 0 heterocycles. The summed E-state index contributed by atoms with van der Waals surface area (Å²) in [6, 6.07) is 0. The summed E-state index contributed by atoms with van der Waals surface area (Å²) in [5.41, 5.74) is 0. The minimum atomic E-state index is -0.0474. The molecule has 20 heavy (non-hydrogen) atoms. The van der Waals surface area contributed by atoms with Crippen molar-refractivity contribution in [2.75, 3.05) is 19.6 Å². The van der Waals surface area contributed by atoms with Crippen LogP contribution in [0.2, 0.25) is 0 Å². The lowest BCUT2D eigenvalue weighted by Crippen LogP contribution is -2.39. The fourth-order valence-corrected chi connectivity index (χ4v) is 3.60. The Morgan fingerprint density at radius 3 is 2.15 bits per heavy atom. The molecule has 0 aliphatic heterocycles. The van der Waals surface area contributed by atoms with E-state index in [0.29, 0.717) is 5.92 Å². The van der Waals surface area contributed by atoms with E-state index in [9.17, 15) is 5.11 Å². The topological polar surface area (TPSA) is 23.5 Å².